The lowest BCUT2D eigenvalue weighted by atomic mass is 9.80. The molecule has 0 radical (unpaired) electrons. The molecular formula is C18H35NO2. The second-order valence-electron chi connectivity index (χ2n) is 7.77. The van der Waals surface area contributed by atoms with E-state index in [1.54, 1.807) is 0 Å². The first-order valence-corrected chi connectivity index (χ1v) is 8.85. The molecule has 0 saturated heterocycles. The molecule has 0 aliphatic heterocycles. The fourth-order valence-corrected chi connectivity index (χ4v) is 4.75. The van der Waals surface area contributed by atoms with E-state index in [9.17, 15) is 0 Å². The van der Waals surface area contributed by atoms with Gasteiger partial charge in [-0.3, -0.25) is 0 Å². The smallest absolute Gasteiger partial charge is 0.0530 e. The van der Waals surface area contributed by atoms with Crippen molar-refractivity contribution in [3.63, 3.8) is 0 Å². The Morgan fingerprint density at radius 2 is 1.33 bits per heavy atom. The van der Waals surface area contributed by atoms with Crippen molar-refractivity contribution in [3.05, 3.63) is 0 Å². The zero-order valence-corrected chi connectivity index (χ0v) is 14.4. The molecule has 0 aromatic rings. The third-order valence-electron chi connectivity index (χ3n) is 5.79. The standard InChI is InChI=1S/C18H35NO2/c1-16(12-17(14-20-2)8-4-5-9-17)19-13-18(15-21-3)10-6-7-11-18/h16,19H,4-15H2,1-3H3. The van der Waals surface area contributed by atoms with Gasteiger partial charge >= 0.3 is 0 Å². The molecule has 2 fully saturated rings. The fraction of sp³-hybridized carbons (Fsp3) is 1.00. The lowest BCUT2D eigenvalue weighted by molar-refractivity contribution is 0.0604. The van der Waals surface area contributed by atoms with Gasteiger partial charge in [0.15, 0.2) is 0 Å². The van der Waals surface area contributed by atoms with Crippen molar-refractivity contribution < 1.29 is 9.47 Å². The molecule has 3 heteroatoms. The summed E-state index contributed by atoms with van der Waals surface area (Å²) < 4.78 is 11.0. The molecular weight excluding hydrogens is 262 g/mol. The zero-order chi connectivity index (χ0) is 15.2. The average Bonchev–Trinajstić information content (AvgIpc) is 3.08. The first kappa shape index (κ1) is 17.2. The number of hydrogen-bond acceptors (Lipinski definition) is 3. The molecule has 21 heavy (non-hydrogen) atoms. The minimum Gasteiger partial charge on any atom is -0.384 e. The summed E-state index contributed by atoms with van der Waals surface area (Å²) >= 11 is 0. The summed E-state index contributed by atoms with van der Waals surface area (Å²) in [6.45, 7) is 5.31. The molecule has 3 nitrogen and oxygen atoms in total. The van der Waals surface area contributed by atoms with Gasteiger partial charge in [0.2, 0.25) is 0 Å². The molecule has 0 spiro atoms. The summed E-state index contributed by atoms with van der Waals surface area (Å²) in [5, 5.41) is 3.82. The number of hydrogen-bond donors (Lipinski definition) is 1. The Balaban J connectivity index is 1.81. The molecule has 0 aromatic heterocycles. The van der Waals surface area contributed by atoms with Gasteiger partial charge in [-0.15, -0.1) is 0 Å². The van der Waals surface area contributed by atoms with Crippen LogP contribution in [0.25, 0.3) is 0 Å². The van der Waals surface area contributed by atoms with Crippen molar-refractivity contribution in [1.82, 2.24) is 5.32 Å². The summed E-state index contributed by atoms with van der Waals surface area (Å²) in [5.74, 6) is 0. The predicted molar refractivity (Wildman–Crippen MR) is 87.6 cm³/mol. The van der Waals surface area contributed by atoms with Crippen LogP contribution in [0.1, 0.15) is 64.7 Å². The quantitative estimate of drug-likeness (QED) is 0.703. The Morgan fingerprint density at radius 1 is 0.857 bits per heavy atom. The van der Waals surface area contributed by atoms with E-state index in [0.717, 1.165) is 19.8 Å². The van der Waals surface area contributed by atoms with Crippen LogP contribution in [0.15, 0.2) is 0 Å². The van der Waals surface area contributed by atoms with Gasteiger partial charge in [0.1, 0.15) is 0 Å². The molecule has 2 saturated carbocycles. The van der Waals surface area contributed by atoms with Crippen LogP contribution in [-0.2, 0) is 9.47 Å². The Kier molecular flexibility index (Phi) is 6.51. The lowest BCUT2D eigenvalue weighted by Crippen LogP contribution is -2.42. The monoisotopic (exact) mass is 297 g/mol. The van der Waals surface area contributed by atoms with Crippen LogP contribution in [-0.4, -0.2) is 40.0 Å². The topological polar surface area (TPSA) is 30.5 Å². The third-order valence-corrected chi connectivity index (χ3v) is 5.79. The van der Waals surface area contributed by atoms with Gasteiger partial charge in [-0.25, -0.2) is 0 Å². The van der Waals surface area contributed by atoms with E-state index in [1.807, 2.05) is 14.2 Å². The maximum atomic E-state index is 5.52. The first-order chi connectivity index (χ1) is 10.1. The second kappa shape index (κ2) is 7.94. The maximum absolute atomic E-state index is 5.52. The van der Waals surface area contributed by atoms with E-state index in [0.29, 0.717) is 16.9 Å². The molecule has 2 aliphatic carbocycles. The van der Waals surface area contributed by atoms with E-state index in [4.69, 9.17) is 9.47 Å². The number of rotatable bonds is 9. The van der Waals surface area contributed by atoms with E-state index in [2.05, 4.69) is 12.2 Å². The number of nitrogens with one attached hydrogen (secondary N) is 1. The Hall–Kier alpha value is -0.120. The van der Waals surface area contributed by atoms with Crippen LogP contribution in [0.3, 0.4) is 0 Å². The van der Waals surface area contributed by atoms with E-state index >= 15 is 0 Å². The normalized spacial score (nSPS) is 25.3. The SMILES string of the molecule is COCC1(CNC(C)CC2(COC)CCCC2)CCCC1. The highest BCUT2D eigenvalue weighted by molar-refractivity contribution is 4.90. The van der Waals surface area contributed by atoms with Crippen LogP contribution < -0.4 is 5.32 Å². The van der Waals surface area contributed by atoms with E-state index < -0.39 is 0 Å². The second-order valence-corrected chi connectivity index (χ2v) is 7.77. The van der Waals surface area contributed by atoms with E-state index in [1.165, 1.54) is 57.8 Å². The Morgan fingerprint density at radius 3 is 1.86 bits per heavy atom. The van der Waals surface area contributed by atoms with Crippen molar-refractivity contribution >= 4 is 0 Å². The fourth-order valence-electron chi connectivity index (χ4n) is 4.75. The molecule has 1 atom stereocenters. The summed E-state index contributed by atoms with van der Waals surface area (Å²) in [6, 6.07) is 0.576. The highest BCUT2D eigenvalue weighted by Gasteiger charge is 2.37. The van der Waals surface area contributed by atoms with Crippen LogP contribution in [0.5, 0.6) is 0 Å². The molecule has 124 valence electrons. The molecule has 1 unspecified atom stereocenters. The average molecular weight is 297 g/mol. The summed E-state index contributed by atoms with van der Waals surface area (Å²) in [6.07, 6.45) is 12.1. The summed E-state index contributed by atoms with van der Waals surface area (Å²) in [5.41, 5.74) is 0.832. The molecule has 0 amide bonds. The number of ether oxygens (including phenoxy) is 2. The van der Waals surface area contributed by atoms with Crippen molar-refractivity contribution in [3.8, 4) is 0 Å². The van der Waals surface area contributed by atoms with Crippen LogP contribution in [0, 0.1) is 10.8 Å². The van der Waals surface area contributed by atoms with Gasteiger partial charge in [0, 0.05) is 32.2 Å². The molecule has 2 rings (SSSR count). The van der Waals surface area contributed by atoms with Gasteiger partial charge in [-0.1, -0.05) is 25.7 Å². The summed E-state index contributed by atoms with van der Waals surface area (Å²) in [7, 11) is 3.69. The third kappa shape index (κ3) is 4.67. The zero-order valence-electron chi connectivity index (χ0n) is 14.4. The Labute approximate surface area is 131 Å². The highest BCUT2D eigenvalue weighted by Crippen LogP contribution is 2.42. The van der Waals surface area contributed by atoms with Gasteiger partial charge in [-0.05, 0) is 44.4 Å². The van der Waals surface area contributed by atoms with Crippen LogP contribution in [0.2, 0.25) is 0 Å². The molecule has 0 aromatic carbocycles. The Bertz CT molecular complexity index is 294. The summed E-state index contributed by atoms with van der Waals surface area (Å²) in [4.78, 5) is 0. The lowest BCUT2D eigenvalue weighted by Gasteiger charge is -2.34. The number of methoxy groups -OCH3 is 2. The molecule has 1 N–H and O–H groups in total. The van der Waals surface area contributed by atoms with Gasteiger partial charge < -0.3 is 14.8 Å². The van der Waals surface area contributed by atoms with Crippen molar-refractivity contribution in [2.24, 2.45) is 10.8 Å². The van der Waals surface area contributed by atoms with Crippen molar-refractivity contribution in [1.29, 1.82) is 0 Å². The van der Waals surface area contributed by atoms with Gasteiger partial charge in [0.25, 0.3) is 0 Å². The minimum absolute atomic E-state index is 0.396. The van der Waals surface area contributed by atoms with Crippen LogP contribution >= 0.6 is 0 Å². The highest BCUT2D eigenvalue weighted by atomic mass is 16.5. The molecule has 0 bridgehead atoms. The largest absolute Gasteiger partial charge is 0.384 e. The maximum Gasteiger partial charge on any atom is 0.0530 e. The molecule has 2 aliphatic rings. The van der Waals surface area contributed by atoms with Gasteiger partial charge in [0.05, 0.1) is 13.2 Å². The minimum atomic E-state index is 0.396. The van der Waals surface area contributed by atoms with Crippen molar-refractivity contribution in [2.45, 2.75) is 70.8 Å². The van der Waals surface area contributed by atoms with Gasteiger partial charge in [-0.2, -0.15) is 0 Å². The van der Waals surface area contributed by atoms with Crippen molar-refractivity contribution in [2.75, 3.05) is 34.0 Å². The van der Waals surface area contributed by atoms with E-state index in [-0.39, 0.29) is 0 Å². The molecule has 0 heterocycles. The predicted octanol–water partition coefficient (Wildman–Crippen LogP) is 3.77. The first-order valence-electron chi connectivity index (χ1n) is 8.85. The van der Waals surface area contributed by atoms with Crippen LogP contribution in [0.4, 0.5) is 0 Å².